The zero-order chi connectivity index (χ0) is 19.1. The first-order valence-corrected chi connectivity index (χ1v) is 9.48. The average Bonchev–Trinajstić information content (AvgIpc) is 2.92. The van der Waals surface area contributed by atoms with Crippen molar-refractivity contribution in [2.45, 2.75) is 11.8 Å². The molecule has 1 amide bonds. The normalized spacial score (nSPS) is 11.5. The van der Waals surface area contributed by atoms with E-state index in [1.165, 1.54) is 7.11 Å². The third-order valence-corrected chi connectivity index (χ3v) is 5.07. The number of hydrogen-bond donors (Lipinski definition) is 1. The van der Waals surface area contributed by atoms with Crippen LogP contribution in [0, 0.1) is 12.7 Å². The average molecular weight is 377 g/mol. The number of sulfone groups is 1. The number of halogens is 1. The summed E-state index contributed by atoms with van der Waals surface area (Å²) < 4.78 is 47.9. The fourth-order valence-corrected chi connectivity index (χ4v) is 3.20. The number of ether oxygens (including phenoxy) is 1. The summed E-state index contributed by atoms with van der Waals surface area (Å²) in [7, 11) is -2.00. The summed E-state index contributed by atoms with van der Waals surface area (Å²) in [5, 5.41) is 3.06. The summed E-state index contributed by atoms with van der Waals surface area (Å²) >= 11 is 0. The van der Waals surface area contributed by atoms with E-state index >= 15 is 0 Å². The Morgan fingerprint density at radius 3 is 2.58 bits per heavy atom. The van der Waals surface area contributed by atoms with Crippen molar-refractivity contribution in [2.24, 2.45) is 0 Å². The molecule has 0 radical (unpaired) electrons. The van der Waals surface area contributed by atoms with Crippen molar-refractivity contribution in [2.75, 3.05) is 18.7 Å². The second-order valence-electron chi connectivity index (χ2n) is 5.79. The SMILES string of the molecule is COc1ccc2oc(C(=O)Nc3cc(S(C)(=O)=O)ccc3F)c(C)c2c1. The highest BCUT2D eigenvalue weighted by atomic mass is 32.2. The number of furan rings is 1. The van der Waals surface area contributed by atoms with Crippen LogP contribution >= 0.6 is 0 Å². The molecule has 0 aliphatic carbocycles. The van der Waals surface area contributed by atoms with Gasteiger partial charge < -0.3 is 14.5 Å². The van der Waals surface area contributed by atoms with E-state index in [0.29, 0.717) is 22.3 Å². The van der Waals surface area contributed by atoms with Crippen LogP contribution in [0.2, 0.25) is 0 Å². The summed E-state index contributed by atoms with van der Waals surface area (Å²) in [6, 6.07) is 8.30. The van der Waals surface area contributed by atoms with E-state index in [1.54, 1.807) is 25.1 Å². The molecule has 136 valence electrons. The Labute approximate surface area is 149 Å². The Morgan fingerprint density at radius 2 is 1.92 bits per heavy atom. The molecule has 6 nitrogen and oxygen atoms in total. The molecule has 0 fully saturated rings. The summed E-state index contributed by atoms with van der Waals surface area (Å²) in [5.74, 6) is -0.805. The molecule has 1 aromatic heterocycles. The zero-order valence-electron chi connectivity index (χ0n) is 14.3. The number of amides is 1. The molecule has 0 bridgehead atoms. The lowest BCUT2D eigenvalue weighted by atomic mass is 10.1. The van der Waals surface area contributed by atoms with Crippen molar-refractivity contribution in [3.05, 3.63) is 53.5 Å². The van der Waals surface area contributed by atoms with Crippen molar-refractivity contribution < 1.29 is 26.8 Å². The predicted octanol–water partition coefficient (Wildman–Crippen LogP) is 3.54. The van der Waals surface area contributed by atoms with Gasteiger partial charge in [0.15, 0.2) is 15.6 Å². The van der Waals surface area contributed by atoms with Crippen LogP contribution in [0.15, 0.2) is 45.7 Å². The van der Waals surface area contributed by atoms with Gasteiger partial charge >= 0.3 is 0 Å². The van der Waals surface area contributed by atoms with E-state index < -0.39 is 21.6 Å². The van der Waals surface area contributed by atoms with E-state index in [-0.39, 0.29) is 16.3 Å². The molecule has 2 aromatic carbocycles. The molecular formula is C18H16FNO5S. The van der Waals surface area contributed by atoms with Crippen LogP contribution in [0.5, 0.6) is 5.75 Å². The lowest BCUT2D eigenvalue weighted by Gasteiger charge is -2.07. The molecule has 0 atom stereocenters. The number of carbonyl (C=O) groups excluding carboxylic acids is 1. The highest BCUT2D eigenvalue weighted by molar-refractivity contribution is 7.90. The molecule has 1 heterocycles. The minimum atomic E-state index is -3.53. The summed E-state index contributed by atoms with van der Waals surface area (Å²) in [6.45, 7) is 1.70. The Bertz CT molecular complexity index is 1120. The maximum absolute atomic E-state index is 14.0. The number of anilines is 1. The van der Waals surface area contributed by atoms with E-state index in [2.05, 4.69) is 5.32 Å². The summed E-state index contributed by atoms with van der Waals surface area (Å²) in [6.07, 6.45) is 1.00. The molecule has 1 N–H and O–H groups in total. The standard InChI is InChI=1S/C18H16FNO5S/c1-10-13-8-11(24-2)4-7-16(13)25-17(10)18(21)20-15-9-12(26(3,22)23)5-6-14(15)19/h4-9H,1-3H3,(H,20,21). The van der Waals surface area contributed by atoms with E-state index in [9.17, 15) is 17.6 Å². The fraction of sp³-hybridized carbons (Fsp3) is 0.167. The highest BCUT2D eigenvalue weighted by Crippen LogP contribution is 2.29. The first-order chi connectivity index (χ1) is 12.2. The molecule has 0 aliphatic heterocycles. The van der Waals surface area contributed by atoms with Gasteiger partial charge in [0, 0.05) is 17.2 Å². The number of aryl methyl sites for hydroxylation is 1. The number of carbonyl (C=O) groups is 1. The number of nitrogens with one attached hydrogen (secondary N) is 1. The van der Waals surface area contributed by atoms with Gasteiger partial charge in [0.25, 0.3) is 5.91 Å². The molecule has 0 unspecified atom stereocenters. The van der Waals surface area contributed by atoms with E-state index in [1.807, 2.05) is 0 Å². The van der Waals surface area contributed by atoms with E-state index in [0.717, 1.165) is 24.5 Å². The molecule has 3 aromatic rings. The molecule has 3 rings (SSSR count). The second kappa shape index (κ2) is 6.45. The third kappa shape index (κ3) is 3.28. The van der Waals surface area contributed by atoms with Gasteiger partial charge in [0.1, 0.15) is 17.1 Å². The Kier molecular flexibility index (Phi) is 4.45. The van der Waals surface area contributed by atoms with Gasteiger partial charge in [-0.1, -0.05) is 0 Å². The van der Waals surface area contributed by atoms with Crippen LogP contribution in [0.25, 0.3) is 11.0 Å². The molecule has 0 aliphatic rings. The van der Waals surface area contributed by atoms with Gasteiger partial charge in [0.2, 0.25) is 0 Å². The zero-order valence-corrected chi connectivity index (χ0v) is 15.1. The lowest BCUT2D eigenvalue weighted by molar-refractivity contribution is 0.0997. The van der Waals surface area contributed by atoms with Crippen molar-refractivity contribution in [1.29, 1.82) is 0 Å². The van der Waals surface area contributed by atoms with Crippen LogP contribution in [0.1, 0.15) is 16.1 Å². The quantitative estimate of drug-likeness (QED) is 0.703. The summed E-state index contributed by atoms with van der Waals surface area (Å²) in [4.78, 5) is 12.4. The molecule has 8 heteroatoms. The molecule has 0 saturated heterocycles. The Hall–Kier alpha value is -2.87. The van der Waals surface area contributed by atoms with Crippen molar-refractivity contribution in [3.8, 4) is 5.75 Å². The first-order valence-electron chi connectivity index (χ1n) is 7.59. The van der Waals surface area contributed by atoms with Crippen LogP contribution in [0.4, 0.5) is 10.1 Å². The Morgan fingerprint density at radius 1 is 1.19 bits per heavy atom. The van der Waals surface area contributed by atoms with Crippen molar-refractivity contribution in [3.63, 3.8) is 0 Å². The number of methoxy groups -OCH3 is 1. The maximum atomic E-state index is 14.0. The smallest absolute Gasteiger partial charge is 0.291 e. The van der Waals surface area contributed by atoms with Gasteiger partial charge in [-0.25, -0.2) is 12.8 Å². The number of benzene rings is 2. The minimum Gasteiger partial charge on any atom is -0.497 e. The van der Waals surface area contributed by atoms with Crippen molar-refractivity contribution >= 4 is 32.4 Å². The molecule has 0 saturated carbocycles. The third-order valence-electron chi connectivity index (χ3n) is 3.96. The molecule has 0 spiro atoms. The molecule has 26 heavy (non-hydrogen) atoms. The van der Waals surface area contributed by atoms with Gasteiger partial charge in [-0.2, -0.15) is 0 Å². The fourth-order valence-electron chi connectivity index (χ4n) is 2.55. The lowest BCUT2D eigenvalue weighted by Crippen LogP contribution is -2.14. The van der Waals surface area contributed by atoms with Gasteiger partial charge in [-0.3, -0.25) is 4.79 Å². The molecular weight excluding hydrogens is 361 g/mol. The van der Waals surface area contributed by atoms with Gasteiger partial charge in [-0.05, 0) is 43.3 Å². The highest BCUT2D eigenvalue weighted by Gasteiger charge is 2.20. The van der Waals surface area contributed by atoms with E-state index in [4.69, 9.17) is 9.15 Å². The number of rotatable bonds is 4. The van der Waals surface area contributed by atoms with Crippen LogP contribution < -0.4 is 10.1 Å². The summed E-state index contributed by atoms with van der Waals surface area (Å²) in [5.41, 5.74) is 0.810. The number of fused-ring (bicyclic) bond motifs is 1. The first kappa shape index (κ1) is 17.9. The van der Waals surface area contributed by atoms with Crippen molar-refractivity contribution in [1.82, 2.24) is 0 Å². The van der Waals surface area contributed by atoms with Crippen LogP contribution in [-0.2, 0) is 9.84 Å². The Balaban J connectivity index is 1.98. The largest absolute Gasteiger partial charge is 0.497 e. The maximum Gasteiger partial charge on any atom is 0.291 e. The topological polar surface area (TPSA) is 85.6 Å². The monoisotopic (exact) mass is 377 g/mol. The predicted molar refractivity (Wildman–Crippen MR) is 95.0 cm³/mol. The minimum absolute atomic E-state index is 0.0115. The van der Waals surface area contributed by atoms with Crippen LogP contribution in [-0.4, -0.2) is 27.7 Å². The second-order valence-corrected chi connectivity index (χ2v) is 7.80. The number of hydrogen-bond acceptors (Lipinski definition) is 5. The van der Waals surface area contributed by atoms with Crippen LogP contribution in [0.3, 0.4) is 0 Å². The van der Waals surface area contributed by atoms with Gasteiger partial charge in [-0.15, -0.1) is 0 Å². The van der Waals surface area contributed by atoms with Gasteiger partial charge in [0.05, 0.1) is 17.7 Å².